The van der Waals surface area contributed by atoms with Crippen LogP contribution in [0.25, 0.3) is 0 Å². The summed E-state index contributed by atoms with van der Waals surface area (Å²) < 4.78 is 24.3. The lowest BCUT2D eigenvalue weighted by Crippen LogP contribution is -2.15. The van der Waals surface area contributed by atoms with Crippen molar-refractivity contribution in [1.29, 1.82) is 0 Å². The Morgan fingerprint density at radius 3 is 2.94 bits per heavy atom. The van der Waals surface area contributed by atoms with Crippen molar-refractivity contribution in [2.75, 3.05) is 11.5 Å². The highest BCUT2D eigenvalue weighted by molar-refractivity contribution is 7.91. The van der Waals surface area contributed by atoms with E-state index in [1.54, 1.807) is 4.57 Å². The van der Waals surface area contributed by atoms with Crippen molar-refractivity contribution >= 4 is 27.1 Å². The van der Waals surface area contributed by atoms with E-state index in [4.69, 9.17) is 0 Å². The monoisotopic (exact) mass is 274 g/mol. The molecule has 1 fully saturated rings. The Balaban J connectivity index is 2.02. The van der Waals surface area contributed by atoms with Crippen molar-refractivity contribution in [3.63, 3.8) is 0 Å². The second kappa shape index (κ2) is 4.73. The molecule has 94 valence electrons. The molecule has 0 saturated carbocycles. The van der Waals surface area contributed by atoms with E-state index >= 15 is 0 Å². The van der Waals surface area contributed by atoms with Gasteiger partial charge in [-0.15, -0.1) is 11.3 Å². The molecular weight excluding hydrogens is 260 g/mol. The minimum absolute atomic E-state index is 0.0541. The Labute approximate surface area is 104 Å². The van der Waals surface area contributed by atoms with Crippen LogP contribution in [0, 0.1) is 5.92 Å². The van der Waals surface area contributed by atoms with Crippen LogP contribution in [0.15, 0.2) is 16.6 Å². The predicted molar refractivity (Wildman–Crippen MR) is 65.2 cm³/mol. The van der Waals surface area contributed by atoms with Crippen LogP contribution in [-0.4, -0.2) is 30.4 Å². The number of rotatable bonds is 2. The maximum Gasteiger partial charge on any atom is 0.248 e. The molecule has 2 heterocycles. The quantitative estimate of drug-likeness (QED) is 0.781. The summed E-state index contributed by atoms with van der Waals surface area (Å²) in [4.78, 5) is 16.3. The number of carbonyl (C=O) groups excluding carboxylic acids is 1. The second-order valence-electron chi connectivity index (χ2n) is 4.28. The van der Waals surface area contributed by atoms with Crippen LogP contribution in [-0.2, 0) is 21.7 Å². The van der Waals surface area contributed by atoms with E-state index < -0.39 is 9.84 Å². The summed E-state index contributed by atoms with van der Waals surface area (Å²) in [6, 6.07) is 0. The molecule has 1 unspecified atom stereocenters. The highest BCUT2D eigenvalue weighted by Crippen LogP contribution is 2.21. The van der Waals surface area contributed by atoms with Gasteiger partial charge in [0.25, 0.3) is 0 Å². The Kier molecular flexibility index (Phi) is 3.48. The Bertz CT molecular complexity index is 583. The molecule has 7 heteroatoms. The van der Waals surface area contributed by atoms with Gasteiger partial charge in [0.1, 0.15) is 0 Å². The van der Waals surface area contributed by atoms with E-state index in [0.29, 0.717) is 11.2 Å². The summed E-state index contributed by atoms with van der Waals surface area (Å²) >= 11 is 1.39. The maximum atomic E-state index is 11.7. The van der Waals surface area contributed by atoms with Gasteiger partial charge in [0, 0.05) is 25.0 Å². The number of aromatic nitrogens is 1. The van der Waals surface area contributed by atoms with Gasteiger partial charge in [-0.05, 0) is 12.3 Å². The molecule has 0 aromatic carbocycles. The first-order valence-corrected chi connectivity index (χ1v) is 8.04. The third-order valence-corrected chi connectivity index (χ3v) is 5.45. The summed E-state index contributed by atoms with van der Waals surface area (Å²) in [5.41, 5.74) is 0. The first-order valence-electron chi connectivity index (χ1n) is 5.34. The fourth-order valence-electron chi connectivity index (χ4n) is 1.87. The molecule has 17 heavy (non-hydrogen) atoms. The fraction of sp³-hybridized carbons (Fsp3) is 0.600. The van der Waals surface area contributed by atoms with E-state index in [0.717, 1.165) is 0 Å². The number of amides is 1. The number of sulfone groups is 1. The van der Waals surface area contributed by atoms with Crippen molar-refractivity contribution in [3.05, 3.63) is 16.4 Å². The van der Waals surface area contributed by atoms with Crippen LogP contribution in [0.4, 0.5) is 0 Å². The Morgan fingerprint density at radius 1 is 1.65 bits per heavy atom. The van der Waals surface area contributed by atoms with Crippen molar-refractivity contribution in [3.8, 4) is 0 Å². The molecule has 5 nitrogen and oxygen atoms in total. The predicted octanol–water partition coefficient (Wildman–Crippen LogP) is 0.339. The van der Waals surface area contributed by atoms with Crippen LogP contribution in [0.5, 0.6) is 0 Å². The van der Waals surface area contributed by atoms with Crippen LogP contribution in [0.1, 0.15) is 12.8 Å². The van der Waals surface area contributed by atoms with Gasteiger partial charge in [-0.1, -0.05) is 0 Å². The van der Waals surface area contributed by atoms with E-state index in [1.165, 1.54) is 11.3 Å². The van der Waals surface area contributed by atoms with Gasteiger partial charge < -0.3 is 4.57 Å². The Hall–Kier alpha value is -0.950. The standard InChI is InChI=1S/C10H14N2O3S2/c1-12-3-4-16-10(12)11-9(13)6-8-2-5-17(14,15)7-8/h3-4,8H,2,5-7H2,1H3. The zero-order valence-electron chi connectivity index (χ0n) is 9.50. The fourth-order valence-corrected chi connectivity index (χ4v) is 4.48. The molecule has 0 spiro atoms. The molecule has 1 aliphatic heterocycles. The van der Waals surface area contributed by atoms with Crippen LogP contribution in [0.2, 0.25) is 0 Å². The summed E-state index contributed by atoms with van der Waals surface area (Å²) in [7, 11) is -1.09. The molecule has 1 aromatic heterocycles. The van der Waals surface area contributed by atoms with Gasteiger partial charge in [0.15, 0.2) is 14.6 Å². The highest BCUT2D eigenvalue weighted by Gasteiger charge is 2.29. The van der Waals surface area contributed by atoms with Gasteiger partial charge in [0.05, 0.1) is 11.5 Å². The third-order valence-electron chi connectivity index (χ3n) is 2.77. The average Bonchev–Trinajstić information content (AvgIpc) is 2.74. The molecule has 1 atom stereocenters. The molecule has 0 bridgehead atoms. The topological polar surface area (TPSA) is 68.5 Å². The second-order valence-corrected chi connectivity index (χ2v) is 7.38. The highest BCUT2D eigenvalue weighted by atomic mass is 32.2. The lowest BCUT2D eigenvalue weighted by atomic mass is 10.1. The number of nitrogens with zero attached hydrogens (tertiary/aromatic N) is 2. The molecular formula is C10H14N2O3S2. The van der Waals surface area contributed by atoms with Gasteiger partial charge in [-0.25, -0.2) is 8.42 Å². The Morgan fingerprint density at radius 2 is 2.41 bits per heavy atom. The summed E-state index contributed by atoms with van der Waals surface area (Å²) in [5.74, 6) is 0.0504. The lowest BCUT2D eigenvalue weighted by molar-refractivity contribution is -0.118. The van der Waals surface area contributed by atoms with Gasteiger partial charge in [-0.2, -0.15) is 4.99 Å². The van der Waals surface area contributed by atoms with E-state index in [2.05, 4.69) is 4.99 Å². The molecule has 2 rings (SSSR count). The largest absolute Gasteiger partial charge is 0.327 e. The SMILES string of the molecule is Cn1ccsc1=NC(=O)CC1CCS(=O)(=O)C1. The molecule has 1 saturated heterocycles. The van der Waals surface area contributed by atoms with Crippen LogP contribution < -0.4 is 4.80 Å². The van der Waals surface area contributed by atoms with Gasteiger partial charge >= 0.3 is 0 Å². The number of aryl methyl sites for hydroxylation is 1. The van der Waals surface area contributed by atoms with E-state index in [1.807, 2.05) is 18.6 Å². The molecule has 1 aromatic rings. The van der Waals surface area contributed by atoms with Crippen LogP contribution in [0.3, 0.4) is 0 Å². The normalized spacial score (nSPS) is 24.1. The molecule has 0 radical (unpaired) electrons. The zero-order valence-corrected chi connectivity index (χ0v) is 11.1. The van der Waals surface area contributed by atoms with Crippen molar-refractivity contribution in [1.82, 2.24) is 4.57 Å². The lowest BCUT2D eigenvalue weighted by Gasteiger charge is -2.02. The number of hydrogen-bond acceptors (Lipinski definition) is 4. The molecule has 0 aliphatic carbocycles. The number of thiazole rings is 1. The molecule has 1 amide bonds. The minimum atomic E-state index is -2.91. The number of carbonyl (C=O) groups is 1. The molecule has 1 aliphatic rings. The van der Waals surface area contributed by atoms with E-state index in [-0.39, 0.29) is 29.8 Å². The first kappa shape index (κ1) is 12.5. The van der Waals surface area contributed by atoms with Crippen molar-refractivity contribution in [2.45, 2.75) is 12.8 Å². The smallest absolute Gasteiger partial charge is 0.248 e. The van der Waals surface area contributed by atoms with E-state index in [9.17, 15) is 13.2 Å². The first-order chi connectivity index (χ1) is 7.96. The van der Waals surface area contributed by atoms with Crippen molar-refractivity contribution in [2.24, 2.45) is 18.0 Å². The van der Waals surface area contributed by atoms with Gasteiger partial charge in [0.2, 0.25) is 5.91 Å². The third kappa shape index (κ3) is 3.26. The average molecular weight is 274 g/mol. The number of hydrogen-bond donors (Lipinski definition) is 0. The maximum absolute atomic E-state index is 11.7. The summed E-state index contributed by atoms with van der Waals surface area (Å²) in [6.45, 7) is 0. The molecule has 0 N–H and O–H groups in total. The van der Waals surface area contributed by atoms with Crippen molar-refractivity contribution < 1.29 is 13.2 Å². The zero-order chi connectivity index (χ0) is 12.5. The minimum Gasteiger partial charge on any atom is -0.327 e. The summed E-state index contributed by atoms with van der Waals surface area (Å²) in [5, 5.41) is 1.85. The van der Waals surface area contributed by atoms with Crippen LogP contribution >= 0.6 is 11.3 Å². The van der Waals surface area contributed by atoms with Gasteiger partial charge in [-0.3, -0.25) is 4.79 Å². The summed E-state index contributed by atoms with van der Waals surface area (Å²) in [6.07, 6.45) is 2.65.